The molecule has 1 amide bonds. The summed E-state index contributed by atoms with van der Waals surface area (Å²) in [5, 5.41) is 9.73. The first-order valence-electron chi connectivity index (χ1n) is 9.26. The fourth-order valence-corrected chi connectivity index (χ4v) is 3.56. The second kappa shape index (κ2) is 6.81. The number of nitrogens with one attached hydrogen (secondary N) is 1. The van der Waals surface area contributed by atoms with Crippen LogP contribution in [0, 0.1) is 17.6 Å². The molecule has 152 valence electrons. The third kappa shape index (κ3) is 3.44. The predicted octanol–water partition coefficient (Wildman–Crippen LogP) is 3.71. The van der Waals surface area contributed by atoms with Gasteiger partial charge in [0.1, 0.15) is 24.0 Å². The Hall–Kier alpha value is -3.00. The molecule has 0 spiro atoms. The molecule has 1 aromatic heterocycles. The summed E-state index contributed by atoms with van der Waals surface area (Å²) < 4.78 is 35.0. The minimum absolute atomic E-state index is 0.0189. The number of rotatable bonds is 5. The first kappa shape index (κ1) is 19.3. The maximum absolute atomic E-state index is 14.9. The number of aromatic amines is 1. The Balaban J connectivity index is 1.67. The van der Waals surface area contributed by atoms with Crippen molar-refractivity contribution in [2.75, 3.05) is 11.5 Å². The van der Waals surface area contributed by atoms with Crippen molar-refractivity contribution < 1.29 is 23.4 Å². The number of nitrogens with zero attached hydrogens (tertiary/aromatic N) is 2. The number of benzene rings is 2. The Morgan fingerprint density at radius 3 is 2.59 bits per heavy atom. The zero-order valence-electron chi connectivity index (χ0n) is 16.2. The molecule has 6 nitrogen and oxygen atoms in total. The lowest BCUT2D eigenvalue weighted by molar-refractivity contribution is -0.129. The van der Waals surface area contributed by atoms with Crippen molar-refractivity contribution in [3.05, 3.63) is 53.9 Å². The molecule has 29 heavy (non-hydrogen) atoms. The van der Waals surface area contributed by atoms with E-state index in [1.54, 1.807) is 25.1 Å². The van der Waals surface area contributed by atoms with E-state index in [1.807, 2.05) is 0 Å². The van der Waals surface area contributed by atoms with Gasteiger partial charge in [0.05, 0.1) is 34.9 Å². The summed E-state index contributed by atoms with van der Waals surface area (Å²) in [7, 11) is 0. The van der Waals surface area contributed by atoms with Crippen LogP contribution < -0.4 is 9.64 Å². The van der Waals surface area contributed by atoms with Crippen molar-refractivity contribution in [2.24, 2.45) is 5.92 Å². The van der Waals surface area contributed by atoms with Crippen LogP contribution >= 0.6 is 0 Å². The van der Waals surface area contributed by atoms with Crippen molar-refractivity contribution >= 4 is 22.6 Å². The monoisotopic (exact) mass is 401 g/mol. The minimum atomic E-state index is -1.14. The Labute approximate surface area is 166 Å². The molecule has 1 fully saturated rings. The summed E-state index contributed by atoms with van der Waals surface area (Å²) in [6, 6.07) is 6.57. The van der Waals surface area contributed by atoms with Crippen molar-refractivity contribution in [3.8, 4) is 5.75 Å². The number of hydrogen-bond acceptors (Lipinski definition) is 4. The topological polar surface area (TPSA) is 78.5 Å². The van der Waals surface area contributed by atoms with E-state index >= 15 is 0 Å². The van der Waals surface area contributed by atoms with Crippen LogP contribution in [0.3, 0.4) is 0 Å². The molecule has 4 rings (SSSR count). The molecule has 0 saturated carbocycles. The van der Waals surface area contributed by atoms with E-state index in [0.29, 0.717) is 5.69 Å². The SMILES string of the molecule is CC1C(=O)N(c2ccc3nc[nH]c3c2)C1c1c(F)cc(OCC(C)(C)O)cc1F. The molecule has 1 saturated heterocycles. The number of hydrogen-bond donors (Lipinski definition) is 2. The number of β-lactam (4-membered cyclic amide) rings is 1. The average Bonchev–Trinajstić information content (AvgIpc) is 3.12. The van der Waals surface area contributed by atoms with E-state index in [9.17, 15) is 18.7 Å². The van der Waals surface area contributed by atoms with Gasteiger partial charge in [-0.2, -0.15) is 0 Å². The molecule has 8 heteroatoms. The van der Waals surface area contributed by atoms with Crippen LogP contribution in [0.25, 0.3) is 11.0 Å². The van der Waals surface area contributed by atoms with Crippen molar-refractivity contribution in [1.29, 1.82) is 0 Å². The lowest BCUT2D eigenvalue weighted by atomic mass is 9.82. The number of amides is 1. The number of aliphatic hydroxyl groups is 1. The first-order chi connectivity index (χ1) is 13.7. The highest BCUT2D eigenvalue weighted by atomic mass is 19.1. The number of carbonyl (C=O) groups is 1. The normalized spacial score (nSPS) is 19.5. The molecule has 2 N–H and O–H groups in total. The van der Waals surface area contributed by atoms with Gasteiger partial charge in [0.15, 0.2) is 0 Å². The van der Waals surface area contributed by atoms with Crippen LogP contribution in [-0.2, 0) is 4.79 Å². The van der Waals surface area contributed by atoms with E-state index < -0.39 is 29.2 Å². The number of fused-ring (bicyclic) bond motifs is 1. The van der Waals surface area contributed by atoms with E-state index in [2.05, 4.69) is 9.97 Å². The number of aromatic nitrogens is 2. The van der Waals surface area contributed by atoms with Crippen LogP contribution in [0.4, 0.5) is 14.5 Å². The number of imidazole rings is 1. The van der Waals surface area contributed by atoms with Gasteiger partial charge in [-0.3, -0.25) is 4.79 Å². The molecular formula is C21H21F2N3O3. The van der Waals surface area contributed by atoms with Gasteiger partial charge in [0.2, 0.25) is 5.91 Å². The van der Waals surface area contributed by atoms with Gasteiger partial charge in [0, 0.05) is 23.4 Å². The van der Waals surface area contributed by atoms with Gasteiger partial charge >= 0.3 is 0 Å². The zero-order valence-corrected chi connectivity index (χ0v) is 16.2. The Morgan fingerprint density at radius 2 is 1.93 bits per heavy atom. The van der Waals surface area contributed by atoms with E-state index in [4.69, 9.17) is 4.74 Å². The molecule has 0 radical (unpaired) electrons. The molecule has 3 aromatic rings. The largest absolute Gasteiger partial charge is 0.490 e. The molecule has 2 aromatic carbocycles. The molecule has 0 aliphatic carbocycles. The fraction of sp³-hybridized carbons (Fsp3) is 0.333. The van der Waals surface area contributed by atoms with E-state index in [1.165, 1.54) is 25.1 Å². The summed E-state index contributed by atoms with van der Waals surface area (Å²) in [4.78, 5) is 21.0. The van der Waals surface area contributed by atoms with Crippen LogP contribution in [0.5, 0.6) is 5.75 Å². The number of ether oxygens (including phenoxy) is 1. The van der Waals surface area contributed by atoms with Crippen LogP contribution in [0.2, 0.25) is 0 Å². The number of H-pyrrole nitrogens is 1. The van der Waals surface area contributed by atoms with Crippen molar-refractivity contribution in [2.45, 2.75) is 32.4 Å². The van der Waals surface area contributed by atoms with Crippen LogP contribution in [0.15, 0.2) is 36.7 Å². The van der Waals surface area contributed by atoms with Crippen molar-refractivity contribution in [3.63, 3.8) is 0 Å². The van der Waals surface area contributed by atoms with Crippen LogP contribution in [-0.4, -0.2) is 33.2 Å². The highest BCUT2D eigenvalue weighted by molar-refractivity contribution is 6.04. The molecule has 1 aliphatic heterocycles. The summed E-state index contributed by atoms with van der Waals surface area (Å²) in [6.07, 6.45) is 1.54. The lowest BCUT2D eigenvalue weighted by Gasteiger charge is -2.46. The average molecular weight is 401 g/mol. The van der Waals surface area contributed by atoms with E-state index in [-0.39, 0.29) is 23.8 Å². The zero-order chi connectivity index (χ0) is 20.9. The molecule has 2 atom stereocenters. The maximum atomic E-state index is 14.9. The Morgan fingerprint density at radius 1 is 1.24 bits per heavy atom. The lowest BCUT2D eigenvalue weighted by Crippen LogP contribution is -2.54. The third-order valence-corrected chi connectivity index (χ3v) is 5.00. The standard InChI is InChI=1S/C21H21F2N3O3/c1-11-19(18-14(22)7-13(8-15(18)23)29-9-21(2,3)28)26(20(11)27)12-4-5-16-17(6-12)25-10-24-16/h4-8,10-11,19,28H,9H2,1-3H3,(H,24,25). The second-order valence-electron chi connectivity index (χ2n) is 7.95. The molecular weight excluding hydrogens is 380 g/mol. The predicted molar refractivity (Wildman–Crippen MR) is 104 cm³/mol. The van der Waals surface area contributed by atoms with Gasteiger partial charge in [-0.15, -0.1) is 0 Å². The fourth-order valence-electron chi connectivity index (χ4n) is 3.56. The highest BCUT2D eigenvalue weighted by Crippen LogP contribution is 2.45. The third-order valence-electron chi connectivity index (χ3n) is 5.00. The summed E-state index contributed by atoms with van der Waals surface area (Å²) in [5.41, 5.74) is 0.679. The van der Waals surface area contributed by atoms with Crippen LogP contribution in [0.1, 0.15) is 32.4 Å². The molecule has 1 aliphatic rings. The van der Waals surface area contributed by atoms with E-state index in [0.717, 1.165) is 23.2 Å². The van der Waals surface area contributed by atoms with Crippen molar-refractivity contribution in [1.82, 2.24) is 9.97 Å². The highest BCUT2D eigenvalue weighted by Gasteiger charge is 2.48. The van der Waals surface area contributed by atoms with Gasteiger partial charge in [0.25, 0.3) is 0 Å². The second-order valence-corrected chi connectivity index (χ2v) is 7.95. The molecule has 2 unspecified atom stereocenters. The number of carbonyl (C=O) groups excluding carboxylic acids is 1. The maximum Gasteiger partial charge on any atom is 0.232 e. The van der Waals surface area contributed by atoms with Gasteiger partial charge in [-0.05, 0) is 32.0 Å². The van der Waals surface area contributed by atoms with Gasteiger partial charge < -0.3 is 19.7 Å². The number of anilines is 1. The summed E-state index contributed by atoms with van der Waals surface area (Å²) in [5.74, 6) is -2.40. The smallest absolute Gasteiger partial charge is 0.232 e. The Kier molecular flexibility index (Phi) is 4.53. The minimum Gasteiger partial charge on any atom is -0.490 e. The summed E-state index contributed by atoms with van der Waals surface area (Å²) >= 11 is 0. The first-order valence-corrected chi connectivity index (χ1v) is 9.26. The van der Waals surface area contributed by atoms with Gasteiger partial charge in [-0.25, -0.2) is 13.8 Å². The van der Waals surface area contributed by atoms with Gasteiger partial charge in [-0.1, -0.05) is 6.92 Å². The molecule has 2 heterocycles. The Bertz CT molecular complexity index is 1070. The molecule has 0 bridgehead atoms. The number of halogens is 2. The summed E-state index contributed by atoms with van der Waals surface area (Å²) in [6.45, 7) is 4.60. The quantitative estimate of drug-likeness (QED) is 0.639.